The third kappa shape index (κ3) is 3.60. The highest BCUT2D eigenvalue weighted by molar-refractivity contribution is 7.92. The van der Waals surface area contributed by atoms with Gasteiger partial charge in [-0.3, -0.25) is 4.31 Å². The molecule has 1 heterocycles. The van der Waals surface area contributed by atoms with Gasteiger partial charge in [-0.05, 0) is 42.5 Å². The predicted molar refractivity (Wildman–Crippen MR) is 97.5 cm³/mol. The second-order valence-corrected chi connectivity index (χ2v) is 8.04. The standard InChI is InChI=1S/C18H15F3N2O5S/c1-22(13-6-4-12(5-7-13)18(19,20)21)29(26,27)14-8-3-11-9-16(17(24)28-2)23(25)15(11)10-14/h3-10,25H,1-2H3. The van der Waals surface area contributed by atoms with Gasteiger partial charge in [0.2, 0.25) is 0 Å². The fourth-order valence-electron chi connectivity index (χ4n) is 2.73. The highest BCUT2D eigenvalue weighted by atomic mass is 32.2. The zero-order chi connectivity index (χ0) is 21.6. The Kier molecular flexibility index (Phi) is 4.95. The number of halogens is 3. The molecule has 0 atom stereocenters. The van der Waals surface area contributed by atoms with Crippen LogP contribution in [0.15, 0.2) is 53.4 Å². The first-order valence-electron chi connectivity index (χ1n) is 8.06. The van der Waals surface area contributed by atoms with E-state index in [-0.39, 0.29) is 21.8 Å². The molecule has 0 aliphatic rings. The zero-order valence-corrected chi connectivity index (χ0v) is 16.0. The second-order valence-electron chi connectivity index (χ2n) is 6.07. The lowest BCUT2D eigenvalue weighted by atomic mass is 10.2. The molecule has 29 heavy (non-hydrogen) atoms. The van der Waals surface area contributed by atoms with Crippen LogP contribution in [-0.4, -0.2) is 38.5 Å². The summed E-state index contributed by atoms with van der Waals surface area (Å²) < 4.78 is 69.8. The third-order valence-electron chi connectivity index (χ3n) is 4.36. The van der Waals surface area contributed by atoms with Crippen molar-refractivity contribution in [3.05, 3.63) is 59.8 Å². The van der Waals surface area contributed by atoms with Crippen LogP contribution in [0.4, 0.5) is 18.9 Å². The van der Waals surface area contributed by atoms with Crippen molar-refractivity contribution in [3.63, 3.8) is 0 Å². The Bertz CT molecular complexity index is 1180. The number of aromatic nitrogens is 1. The minimum absolute atomic E-state index is 0.0210. The monoisotopic (exact) mass is 428 g/mol. The number of benzene rings is 2. The minimum atomic E-state index is -4.54. The number of anilines is 1. The normalized spacial score (nSPS) is 12.2. The van der Waals surface area contributed by atoms with Gasteiger partial charge < -0.3 is 9.94 Å². The van der Waals surface area contributed by atoms with Gasteiger partial charge in [-0.2, -0.15) is 17.9 Å². The first kappa shape index (κ1) is 20.5. The van der Waals surface area contributed by atoms with Crippen LogP contribution in [0.2, 0.25) is 0 Å². The topological polar surface area (TPSA) is 88.8 Å². The van der Waals surface area contributed by atoms with Crippen LogP contribution in [0, 0.1) is 0 Å². The molecule has 0 radical (unpaired) electrons. The number of ether oxygens (including phenoxy) is 1. The van der Waals surface area contributed by atoms with Gasteiger partial charge in [-0.15, -0.1) is 0 Å². The summed E-state index contributed by atoms with van der Waals surface area (Å²) in [5.74, 6) is -0.810. The van der Waals surface area contributed by atoms with Gasteiger partial charge in [-0.25, -0.2) is 13.2 Å². The van der Waals surface area contributed by atoms with E-state index in [0.29, 0.717) is 10.1 Å². The molecule has 0 aliphatic heterocycles. The van der Waals surface area contributed by atoms with Crippen LogP contribution >= 0.6 is 0 Å². The van der Waals surface area contributed by atoms with Crippen LogP contribution < -0.4 is 4.31 Å². The van der Waals surface area contributed by atoms with E-state index in [0.717, 1.165) is 41.7 Å². The summed E-state index contributed by atoms with van der Waals surface area (Å²) in [6.07, 6.45) is -4.54. The van der Waals surface area contributed by atoms with Crippen molar-refractivity contribution < 1.29 is 36.3 Å². The molecule has 3 rings (SSSR count). The summed E-state index contributed by atoms with van der Waals surface area (Å²) in [4.78, 5) is 11.4. The number of nitrogens with zero attached hydrogens (tertiary/aromatic N) is 2. The molecule has 2 aromatic carbocycles. The largest absolute Gasteiger partial charge is 0.464 e. The molecule has 0 saturated heterocycles. The van der Waals surface area contributed by atoms with Gasteiger partial charge in [0, 0.05) is 12.4 Å². The number of hydrogen-bond donors (Lipinski definition) is 1. The fraction of sp³-hybridized carbons (Fsp3) is 0.167. The Hall–Kier alpha value is -3.21. The molecular weight excluding hydrogens is 413 g/mol. The number of carbonyl (C=O) groups excluding carboxylic acids is 1. The Labute approximate surface area is 163 Å². The molecule has 0 saturated carbocycles. The van der Waals surface area contributed by atoms with Gasteiger partial charge in [-0.1, -0.05) is 6.07 Å². The molecule has 0 amide bonds. The molecule has 7 nitrogen and oxygen atoms in total. The Morgan fingerprint density at radius 2 is 1.72 bits per heavy atom. The van der Waals surface area contributed by atoms with E-state index in [1.54, 1.807) is 0 Å². The Balaban J connectivity index is 2.01. The number of methoxy groups -OCH3 is 1. The molecular formula is C18H15F3N2O5S. The lowest BCUT2D eigenvalue weighted by Crippen LogP contribution is -2.26. The van der Waals surface area contributed by atoms with Crippen molar-refractivity contribution in [1.82, 2.24) is 4.73 Å². The summed E-state index contributed by atoms with van der Waals surface area (Å²) in [6, 6.07) is 8.79. The SMILES string of the molecule is COC(=O)c1cc2ccc(S(=O)(=O)N(C)c3ccc(C(F)(F)F)cc3)cc2n1O. The van der Waals surface area contributed by atoms with Crippen LogP contribution in [0.5, 0.6) is 0 Å². The lowest BCUT2D eigenvalue weighted by molar-refractivity contribution is -0.137. The van der Waals surface area contributed by atoms with Gasteiger partial charge in [0.15, 0.2) is 5.69 Å². The summed E-state index contributed by atoms with van der Waals surface area (Å²) in [6.45, 7) is 0. The first-order valence-corrected chi connectivity index (χ1v) is 9.50. The molecule has 0 bridgehead atoms. The average molecular weight is 428 g/mol. The van der Waals surface area contributed by atoms with Crippen molar-refractivity contribution in [1.29, 1.82) is 0 Å². The maximum atomic E-state index is 12.9. The molecule has 0 spiro atoms. The van der Waals surface area contributed by atoms with Gasteiger partial charge in [0.25, 0.3) is 10.0 Å². The maximum absolute atomic E-state index is 12.9. The molecule has 154 valence electrons. The fourth-order valence-corrected chi connectivity index (χ4v) is 3.95. The van der Waals surface area contributed by atoms with Crippen LogP contribution in [0.3, 0.4) is 0 Å². The maximum Gasteiger partial charge on any atom is 0.416 e. The molecule has 11 heteroatoms. The smallest absolute Gasteiger partial charge is 0.416 e. The van der Waals surface area contributed by atoms with Gasteiger partial charge in [0.05, 0.1) is 28.8 Å². The molecule has 0 fully saturated rings. The highest BCUT2D eigenvalue weighted by Gasteiger charge is 2.31. The number of sulfonamides is 1. The van der Waals surface area contributed by atoms with E-state index in [9.17, 15) is 31.6 Å². The second kappa shape index (κ2) is 6.99. The van der Waals surface area contributed by atoms with Gasteiger partial charge in [0.1, 0.15) is 0 Å². The van der Waals surface area contributed by atoms with Crippen LogP contribution in [0.1, 0.15) is 16.1 Å². The summed E-state index contributed by atoms with van der Waals surface area (Å²) in [5, 5.41) is 10.5. The molecule has 0 aliphatic carbocycles. The average Bonchev–Trinajstić information content (AvgIpc) is 3.02. The van der Waals surface area contributed by atoms with Crippen molar-refractivity contribution >= 4 is 32.6 Å². The number of fused-ring (bicyclic) bond motifs is 1. The Morgan fingerprint density at radius 1 is 1.10 bits per heavy atom. The summed E-state index contributed by atoms with van der Waals surface area (Å²) in [5.41, 5.74) is -1.02. The minimum Gasteiger partial charge on any atom is -0.464 e. The van der Waals surface area contributed by atoms with E-state index >= 15 is 0 Å². The van der Waals surface area contributed by atoms with E-state index < -0.39 is 27.7 Å². The quantitative estimate of drug-likeness (QED) is 0.508. The number of rotatable bonds is 4. The number of hydrogen-bond acceptors (Lipinski definition) is 5. The molecule has 3 aromatic rings. The van der Waals surface area contributed by atoms with Gasteiger partial charge >= 0.3 is 12.1 Å². The summed E-state index contributed by atoms with van der Waals surface area (Å²) >= 11 is 0. The number of alkyl halides is 3. The van der Waals surface area contributed by atoms with Crippen LogP contribution in [0.25, 0.3) is 10.9 Å². The Morgan fingerprint density at radius 3 is 2.28 bits per heavy atom. The van der Waals surface area contributed by atoms with Crippen molar-refractivity contribution in [2.24, 2.45) is 0 Å². The highest BCUT2D eigenvalue weighted by Crippen LogP contribution is 2.32. The zero-order valence-electron chi connectivity index (χ0n) is 15.1. The molecule has 1 aromatic heterocycles. The van der Waals surface area contributed by atoms with E-state index in [2.05, 4.69) is 4.74 Å². The predicted octanol–water partition coefficient (Wildman–Crippen LogP) is 3.51. The first-order chi connectivity index (χ1) is 13.5. The van der Waals surface area contributed by atoms with E-state index in [1.165, 1.54) is 25.2 Å². The molecule has 1 N–H and O–H groups in total. The third-order valence-corrected chi connectivity index (χ3v) is 6.14. The van der Waals surface area contributed by atoms with E-state index in [1.807, 2.05) is 0 Å². The van der Waals surface area contributed by atoms with Crippen molar-refractivity contribution in [2.75, 3.05) is 18.5 Å². The molecule has 0 unspecified atom stereocenters. The van der Waals surface area contributed by atoms with Crippen molar-refractivity contribution in [2.45, 2.75) is 11.1 Å². The summed E-state index contributed by atoms with van der Waals surface area (Å²) in [7, 11) is -1.83. The van der Waals surface area contributed by atoms with Crippen molar-refractivity contribution in [3.8, 4) is 0 Å². The number of carbonyl (C=O) groups is 1. The van der Waals surface area contributed by atoms with E-state index in [4.69, 9.17) is 0 Å². The lowest BCUT2D eigenvalue weighted by Gasteiger charge is -2.20. The van der Waals surface area contributed by atoms with Crippen LogP contribution in [-0.2, 0) is 20.9 Å². The number of esters is 1.